The van der Waals surface area contributed by atoms with Crippen LogP contribution in [0.15, 0.2) is 23.2 Å². The lowest BCUT2D eigenvalue weighted by atomic mass is 10.1. The van der Waals surface area contributed by atoms with Crippen LogP contribution in [-0.2, 0) is 10.0 Å². The molecule has 0 N–H and O–H groups in total. The summed E-state index contributed by atoms with van der Waals surface area (Å²) in [7, 11) is -2.07. The van der Waals surface area contributed by atoms with E-state index in [1.807, 2.05) is 0 Å². The minimum absolute atomic E-state index is 0.000142. The summed E-state index contributed by atoms with van der Waals surface area (Å²) in [6, 6.07) is 2.36. The van der Waals surface area contributed by atoms with Gasteiger partial charge in [-0.3, -0.25) is 0 Å². The zero-order chi connectivity index (χ0) is 15.5. The monoisotopic (exact) mass is 313 g/mol. The Morgan fingerprint density at radius 3 is 2.33 bits per heavy atom. The Bertz CT molecular complexity index is 592. The van der Waals surface area contributed by atoms with Crippen LogP contribution in [0.2, 0.25) is 0 Å². The van der Waals surface area contributed by atoms with Crippen LogP contribution >= 0.6 is 0 Å². The quantitative estimate of drug-likeness (QED) is 0.483. The van der Waals surface area contributed by atoms with Crippen molar-refractivity contribution in [2.24, 2.45) is 0 Å². The molecule has 116 valence electrons. The molecule has 0 atom stereocenters. The molecule has 0 bridgehead atoms. The summed E-state index contributed by atoms with van der Waals surface area (Å²) in [6.07, 6.45) is 7.12. The van der Waals surface area contributed by atoms with E-state index in [1.165, 1.54) is 10.4 Å². The first kappa shape index (κ1) is 15.8. The molecule has 1 heterocycles. The minimum Gasteiger partial charge on any atom is -0.358 e. The van der Waals surface area contributed by atoms with Crippen LogP contribution in [0.4, 0.5) is 5.82 Å². The van der Waals surface area contributed by atoms with Gasteiger partial charge in [-0.25, -0.2) is 8.42 Å². The van der Waals surface area contributed by atoms with Crippen molar-refractivity contribution < 1.29 is 13.3 Å². The van der Waals surface area contributed by atoms with E-state index in [2.05, 4.69) is 4.98 Å². The summed E-state index contributed by atoms with van der Waals surface area (Å²) in [4.78, 5) is 13.5. The zero-order valence-corrected chi connectivity index (χ0v) is 12.8. The number of aromatic nitrogens is 1. The maximum Gasteiger partial charge on any atom is 0.363 e. The van der Waals surface area contributed by atoms with Crippen molar-refractivity contribution in [1.82, 2.24) is 9.29 Å². The van der Waals surface area contributed by atoms with Gasteiger partial charge in [0.05, 0.1) is 0 Å². The second-order valence-corrected chi connectivity index (χ2v) is 7.27. The number of nitro groups is 1. The van der Waals surface area contributed by atoms with Crippen molar-refractivity contribution in [1.29, 1.82) is 0 Å². The van der Waals surface area contributed by atoms with Crippen LogP contribution in [0.1, 0.15) is 38.5 Å². The van der Waals surface area contributed by atoms with Gasteiger partial charge in [0.15, 0.2) is 6.20 Å². The fraction of sp³-hybridized carbons (Fsp3) is 0.615. The van der Waals surface area contributed by atoms with Gasteiger partial charge in [-0.05, 0) is 28.8 Å². The first-order valence-corrected chi connectivity index (χ1v) is 8.45. The van der Waals surface area contributed by atoms with E-state index in [1.54, 1.807) is 7.05 Å². The van der Waals surface area contributed by atoms with Crippen molar-refractivity contribution in [3.63, 3.8) is 0 Å². The van der Waals surface area contributed by atoms with Gasteiger partial charge in [0.25, 0.3) is 0 Å². The summed E-state index contributed by atoms with van der Waals surface area (Å²) in [6.45, 7) is 0. The van der Waals surface area contributed by atoms with E-state index in [0.717, 1.165) is 50.8 Å². The molecule has 1 aromatic heterocycles. The van der Waals surface area contributed by atoms with Crippen LogP contribution in [0, 0.1) is 10.1 Å². The molecule has 0 spiro atoms. The van der Waals surface area contributed by atoms with E-state index in [9.17, 15) is 18.5 Å². The molecule has 0 amide bonds. The molecule has 1 aliphatic carbocycles. The average molecular weight is 313 g/mol. The molecule has 8 heteroatoms. The third-order valence-corrected chi connectivity index (χ3v) is 5.82. The van der Waals surface area contributed by atoms with Crippen molar-refractivity contribution in [3.8, 4) is 0 Å². The molecule has 7 nitrogen and oxygen atoms in total. The second kappa shape index (κ2) is 6.48. The second-order valence-electron chi connectivity index (χ2n) is 5.28. The Balaban J connectivity index is 2.21. The highest BCUT2D eigenvalue weighted by atomic mass is 32.2. The lowest BCUT2D eigenvalue weighted by Gasteiger charge is -2.25. The molecule has 1 saturated carbocycles. The molecule has 1 aromatic rings. The number of nitrogens with zero attached hydrogens (tertiary/aromatic N) is 3. The molecule has 0 unspecified atom stereocenters. The van der Waals surface area contributed by atoms with Crippen molar-refractivity contribution in [2.75, 3.05) is 7.05 Å². The highest BCUT2D eigenvalue weighted by Gasteiger charge is 2.29. The van der Waals surface area contributed by atoms with Crippen LogP contribution in [0.5, 0.6) is 0 Å². The van der Waals surface area contributed by atoms with Crippen LogP contribution in [-0.4, -0.2) is 35.7 Å². The molecule has 2 rings (SSSR count). The van der Waals surface area contributed by atoms with Crippen LogP contribution in [0.3, 0.4) is 0 Å². The van der Waals surface area contributed by atoms with Gasteiger partial charge in [0.2, 0.25) is 10.0 Å². The summed E-state index contributed by atoms with van der Waals surface area (Å²) in [5, 5.41) is 10.6. The lowest BCUT2D eigenvalue weighted by molar-refractivity contribution is -0.389. The van der Waals surface area contributed by atoms with Gasteiger partial charge in [-0.2, -0.15) is 4.31 Å². The van der Waals surface area contributed by atoms with E-state index in [-0.39, 0.29) is 16.8 Å². The molecule has 0 saturated heterocycles. The van der Waals surface area contributed by atoms with Gasteiger partial charge < -0.3 is 10.1 Å². The largest absolute Gasteiger partial charge is 0.363 e. The predicted octanol–water partition coefficient (Wildman–Crippen LogP) is 2.33. The summed E-state index contributed by atoms with van der Waals surface area (Å²) < 4.78 is 26.5. The molecule has 21 heavy (non-hydrogen) atoms. The van der Waals surface area contributed by atoms with E-state index < -0.39 is 14.9 Å². The van der Waals surface area contributed by atoms with Gasteiger partial charge >= 0.3 is 5.82 Å². The molecule has 0 aromatic carbocycles. The fourth-order valence-corrected chi connectivity index (χ4v) is 3.98. The minimum atomic E-state index is -3.65. The van der Waals surface area contributed by atoms with Gasteiger partial charge in [0, 0.05) is 19.2 Å². The Hall–Kier alpha value is -1.54. The van der Waals surface area contributed by atoms with Crippen molar-refractivity contribution >= 4 is 15.8 Å². The molecule has 1 fully saturated rings. The maximum atomic E-state index is 12.5. The Morgan fingerprint density at radius 1 is 1.24 bits per heavy atom. The summed E-state index contributed by atoms with van der Waals surface area (Å²) >= 11 is 0. The van der Waals surface area contributed by atoms with E-state index in [0.29, 0.717) is 0 Å². The smallest absolute Gasteiger partial charge is 0.358 e. The molecular formula is C13H19N3O4S. The predicted molar refractivity (Wildman–Crippen MR) is 77.3 cm³/mol. The normalized spacial score (nSPS) is 17.6. The van der Waals surface area contributed by atoms with Crippen LogP contribution in [0.25, 0.3) is 0 Å². The average Bonchev–Trinajstić information content (AvgIpc) is 2.75. The number of hydrogen-bond donors (Lipinski definition) is 0. The first-order valence-electron chi connectivity index (χ1n) is 7.01. The maximum absolute atomic E-state index is 12.5. The van der Waals surface area contributed by atoms with Gasteiger partial charge in [-0.1, -0.05) is 25.7 Å². The van der Waals surface area contributed by atoms with E-state index in [4.69, 9.17) is 0 Å². The number of sulfonamides is 1. The van der Waals surface area contributed by atoms with Crippen LogP contribution < -0.4 is 0 Å². The standard InChI is InChI=1S/C13H19N3O4S/c1-15(11-6-4-2-3-5-7-11)21(19,20)12-8-9-13(14-10-12)16(17)18/h8-11H,2-7H2,1H3. The summed E-state index contributed by atoms with van der Waals surface area (Å²) in [5.74, 6) is -0.355. The SMILES string of the molecule is CN(C1CCCCCC1)S(=O)(=O)c1ccc([N+](=O)[O-])nc1. The Labute approximate surface area is 124 Å². The van der Waals surface area contributed by atoms with Crippen molar-refractivity contribution in [3.05, 3.63) is 28.4 Å². The highest BCUT2D eigenvalue weighted by molar-refractivity contribution is 7.89. The third-order valence-electron chi connectivity index (χ3n) is 3.92. The van der Waals surface area contributed by atoms with E-state index >= 15 is 0 Å². The lowest BCUT2D eigenvalue weighted by Crippen LogP contribution is -2.36. The topological polar surface area (TPSA) is 93.4 Å². The summed E-state index contributed by atoms with van der Waals surface area (Å²) in [5.41, 5.74) is 0. The third kappa shape index (κ3) is 3.56. The number of hydrogen-bond acceptors (Lipinski definition) is 5. The molecule has 1 aliphatic rings. The fourth-order valence-electron chi connectivity index (χ4n) is 2.62. The Kier molecular flexibility index (Phi) is 4.89. The van der Waals surface area contributed by atoms with Crippen molar-refractivity contribution in [2.45, 2.75) is 49.5 Å². The zero-order valence-electron chi connectivity index (χ0n) is 11.9. The molecule has 0 aliphatic heterocycles. The van der Waals surface area contributed by atoms with Gasteiger partial charge in [0.1, 0.15) is 4.90 Å². The molecule has 0 radical (unpaired) electrons. The highest BCUT2D eigenvalue weighted by Crippen LogP contribution is 2.26. The van der Waals surface area contributed by atoms with Gasteiger partial charge in [-0.15, -0.1) is 0 Å². The first-order chi connectivity index (χ1) is 9.93. The molecular weight excluding hydrogens is 294 g/mol. The Morgan fingerprint density at radius 2 is 1.86 bits per heavy atom. The number of pyridine rings is 1. The number of rotatable bonds is 4.